The summed E-state index contributed by atoms with van der Waals surface area (Å²) in [5, 5.41) is 9.60. The van der Waals surface area contributed by atoms with E-state index in [0.717, 1.165) is 28.1 Å². The first-order chi connectivity index (χ1) is 23.0. The molecule has 0 saturated carbocycles. The van der Waals surface area contributed by atoms with Crippen LogP contribution in [-0.2, 0) is 9.59 Å². The summed E-state index contributed by atoms with van der Waals surface area (Å²) in [6.07, 6.45) is 0. The first-order valence-electron chi connectivity index (χ1n) is 15.5. The van der Waals surface area contributed by atoms with E-state index in [-0.39, 0.29) is 23.6 Å². The van der Waals surface area contributed by atoms with Gasteiger partial charge in [0.15, 0.2) is 11.0 Å². The van der Waals surface area contributed by atoms with Crippen LogP contribution in [0.3, 0.4) is 0 Å². The summed E-state index contributed by atoms with van der Waals surface area (Å²) in [6.45, 7) is 3.40. The van der Waals surface area contributed by atoms with Crippen LogP contribution in [0.2, 0.25) is 0 Å². The van der Waals surface area contributed by atoms with Crippen molar-refractivity contribution in [2.75, 3.05) is 39.6 Å². The Hall–Kier alpha value is -5.09. The van der Waals surface area contributed by atoms with Gasteiger partial charge in [0.05, 0.1) is 25.9 Å². The zero-order chi connectivity index (χ0) is 32.8. The Labute approximate surface area is 279 Å². The minimum atomic E-state index is -0.402. The molecule has 1 aromatic heterocycles. The standard InChI is InChI=1S/C37H37N5O4S/c1-26-24-40(21-22-41(26)36(44)34(27-11-6-4-7-12-27)28-13-8-5-9-14-28)33(43)25-47-37-39-38-35(29-15-10-16-32(23-29)46-3)42(37)30-17-19-31(45-2)20-18-30/h4-20,23,26,34H,21-22,24-25H2,1-3H3. The van der Waals surface area contributed by atoms with E-state index < -0.39 is 5.92 Å². The third-order valence-corrected chi connectivity index (χ3v) is 9.31. The molecular formula is C37H37N5O4S. The second-order valence-corrected chi connectivity index (χ2v) is 12.3. The van der Waals surface area contributed by atoms with Gasteiger partial charge in [-0.1, -0.05) is 84.6 Å². The summed E-state index contributed by atoms with van der Waals surface area (Å²) in [6, 6.07) is 34.9. The molecule has 240 valence electrons. The van der Waals surface area contributed by atoms with Gasteiger partial charge in [0.25, 0.3) is 0 Å². The van der Waals surface area contributed by atoms with Gasteiger partial charge in [-0.05, 0) is 54.4 Å². The van der Waals surface area contributed by atoms with Crippen molar-refractivity contribution in [3.63, 3.8) is 0 Å². The molecule has 1 saturated heterocycles. The van der Waals surface area contributed by atoms with Gasteiger partial charge in [-0.25, -0.2) is 0 Å². The van der Waals surface area contributed by atoms with Crippen molar-refractivity contribution < 1.29 is 19.1 Å². The van der Waals surface area contributed by atoms with Crippen molar-refractivity contribution in [1.29, 1.82) is 0 Å². The third kappa shape index (κ3) is 7.02. The predicted octanol–water partition coefficient (Wildman–Crippen LogP) is 5.94. The van der Waals surface area contributed by atoms with Crippen molar-refractivity contribution in [1.82, 2.24) is 24.6 Å². The number of nitrogens with zero attached hydrogens (tertiary/aromatic N) is 5. The van der Waals surface area contributed by atoms with Gasteiger partial charge in [-0.3, -0.25) is 14.2 Å². The van der Waals surface area contributed by atoms with Gasteiger partial charge in [-0.2, -0.15) is 0 Å². The quantitative estimate of drug-likeness (QED) is 0.174. The van der Waals surface area contributed by atoms with Crippen LogP contribution in [0.15, 0.2) is 114 Å². The lowest BCUT2D eigenvalue weighted by Crippen LogP contribution is -2.56. The monoisotopic (exact) mass is 647 g/mol. The number of piperazine rings is 1. The highest BCUT2D eigenvalue weighted by Gasteiger charge is 2.35. The Bertz CT molecular complexity index is 1770. The number of benzene rings is 4. The number of thioether (sulfide) groups is 1. The maximum Gasteiger partial charge on any atom is 0.234 e. The largest absolute Gasteiger partial charge is 0.497 e. The van der Waals surface area contributed by atoms with E-state index in [0.29, 0.717) is 36.4 Å². The van der Waals surface area contributed by atoms with E-state index in [1.54, 1.807) is 14.2 Å². The first-order valence-corrected chi connectivity index (χ1v) is 16.5. The highest BCUT2D eigenvalue weighted by molar-refractivity contribution is 7.99. The zero-order valence-electron chi connectivity index (χ0n) is 26.7. The summed E-state index contributed by atoms with van der Waals surface area (Å²) < 4.78 is 12.7. The predicted molar refractivity (Wildman–Crippen MR) is 183 cm³/mol. The maximum absolute atomic E-state index is 14.1. The van der Waals surface area contributed by atoms with Crippen LogP contribution in [-0.4, -0.2) is 82.0 Å². The molecule has 4 aromatic carbocycles. The smallest absolute Gasteiger partial charge is 0.234 e. The molecule has 2 amide bonds. The normalized spacial score (nSPS) is 14.7. The van der Waals surface area contributed by atoms with Gasteiger partial charge >= 0.3 is 0 Å². The van der Waals surface area contributed by atoms with Crippen molar-refractivity contribution >= 4 is 23.6 Å². The van der Waals surface area contributed by atoms with E-state index in [1.807, 2.05) is 130 Å². The Morgan fingerprint density at radius 2 is 1.47 bits per heavy atom. The van der Waals surface area contributed by atoms with Gasteiger partial charge in [0.2, 0.25) is 11.8 Å². The van der Waals surface area contributed by atoms with Gasteiger partial charge in [-0.15, -0.1) is 10.2 Å². The molecule has 0 bridgehead atoms. The lowest BCUT2D eigenvalue weighted by molar-refractivity contribution is -0.141. The van der Waals surface area contributed by atoms with Crippen LogP contribution >= 0.6 is 11.8 Å². The number of methoxy groups -OCH3 is 2. The van der Waals surface area contributed by atoms with E-state index in [4.69, 9.17) is 9.47 Å². The summed E-state index contributed by atoms with van der Waals surface area (Å²) >= 11 is 1.34. The Morgan fingerprint density at radius 1 is 0.809 bits per heavy atom. The molecule has 5 aromatic rings. The van der Waals surface area contributed by atoms with Crippen molar-refractivity contribution in [2.45, 2.75) is 24.0 Å². The number of rotatable bonds is 10. The summed E-state index contributed by atoms with van der Waals surface area (Å²) in [5.41, 5.74) is 3.60. The van der Waals surface area contributed by atoms with Gasteiger partial charge in [0.1, 0.15) is 11.5 Å². The lowest BCUT2D eigenvalue weighted by Gasteiger charge is -2.41. The molecule has 0 N–H and O–H groups in total. The van der Waals surface area contributed by atoms with Crippen LogP contribution in [0.1, 0.15) is 24.0 Å². The highest BCUT2D eigenvalue weighted by atomic mass is 32.2. The molecule has 1 fully saturated rings. The fourth-order valence-electron chi connectivity index (χ4n) is 5.94. The molecule has 2 heterocycles. The molecule has 0 aliphatic carbocycles. The Kier molecular flexibility index (Phi) is 9.87. The van der Waals surface area contributed by atoms with E-state index in [1.165, 1.54) is 11.8 Å². The Balaban J connectivity index is 1.17. The molecule has 47 heavy (non-hydrogen) atoms. The summed E-state index contributed by atoms with van der Waals surface area (Å²) in [5.74, 6) is 1.90. The number of carbonyl (C=O) groups excluding carboxylic acids is 2. The second-order valence-electron chi connectivity index (χ2n) is 11.3. The van der Waals surface area contributed by atoms with E-state index in [9.17, 15) is 9.59 Å². The van der Waals surface area contributed by atoms with Crippen molar-refractivity contribution in [3.8, 4) is 28.6 Å². The SMILES string of the molecule is COc1ccc(-n2c(SCC(=O)N3CCN(C(=O)C(c4ccccc4)c4ccccc4)C(C)C3)nnc2-c2cccc(OC)c2)cc1. The Morgan fingerprint density at radius 3 is 2.09 bits per heavy atom. The molecule has 0 spiro atoms. The van der Waals surface area contributed by atoms with Crippen LogP contribution in [0.25, 0.3) is 17.1 Å². The fraction of sp³-hybridized carbons (Fsp3) is 0.243. The number of amides is 2. The summed E-state index contributed by atoms with van der Waals surface area (Å²) in [4.78, 5) is 31.4. The molecule has 10 heteroatoms. The van der Waals surface area contributed by atoms with Gasteiger partial charge in [0, 0.05) is 36.9 Å². The fourth-order valence-corrected chi connectivity index (χ4v) is 6.79. The average Bonchev–Trinajstić information content (AvgIpc) is 3.55. The van der Waals surface area contributed by atoms with Crippen LogP contribution in [0, 0.1) is 0 Å². The van der Waals surface area contributed by atoms with Gasteiger partial charge < -0.3 is 19.3 Å². The van der Waals surface area contributed by atoms with Crippen LogP contribution in [0.5, 0.6) is 11.5 Å². The highest BCUT2D eigenvalue weighted by Crippen LogP contribution is 2.32. The van der Waals surface area contributed by atoms with E-state index >= 15 is 0 Å². The molecular weight excluding hydrogens is 611 g/mol. The average molecular weight is 648 g/mol. The molecule has 1 unspecified atom stereocenters. The minimum Gasteiger partial charge on any atom is -0.497 e. The molecule has 6 rings (SSSR count). The molecule has 0 radical (unpaired) electrons. The van der Waals surface area contributed by atoms with E-state index in [2.05, 4.69) is 10.2 Å². The molecule has 1 atom stereocenters. The number of carbonyl (C=O) groups is 2. The number of hydrogen-bond acceptors (Lipinski definition) is 7. The topological polar surface area (TPSA) is 89.8 Å². The molecule has 1 aliphatic heterocycles. The van der Waals surface area contributed by atoms with Crippen LogP contribution < -0.4 is 9.47 Å². The minimum absolute atomic E-state index is 0.0103. The lowest BCUT2D eigenvalue weighted by atomic mass is 9.89. The molecule has 9 nitrogen and oxygen atoms in total. The number of aromatic nitrogens is 3. The summed E-state index contributed by atoms with van der Waals surface area (Å²) in [7, 11) is 3.26. The molecule has 1 aliphatic rings. The number of ether oxygens (including phenoxy) is 2. The van der Waals surface area contributed by atoms with Crippen molar-refractivity contribution in [3.05, 3.63) is 120 Å². The number of hydrogen-bond donors (Lipinski definition) is 0. The van der Waals surface area contributed by atoms with Crippen molar-refractivity contribution in [2.24, 2.45) is 0 Å². The second kappa shape index (κ2) is 14.6. The first kappa shape index (κ1) is 31.9. The zero-order valence-corrected chi connectivity index (χ0v) is 27.5. The third-order valence-electron chi connectivity index (χ3n) is 8.39. The maximum atomic E-state index is 14.1. The van der Waals surface area contributed by atoms with Crippen LogP contribution in [0.4, 0.5) is 0 Å².